The summed E-state index contributed by atoms with van der Waals surface area (Å²) in [6.45, 7) is 0.938. The first kappa shape index (κ1) is 17.6. The van der Waals surface area contributed by atoms with Crippen molar-refractivity contribution in [2.45, 2.75) is 0 Å². The molecule has 0 aliphatic rings. The maximum absolute atomic E-state index is 12.0. The number of hydrogen-bond acceptors (Lipinski definition) is 5. The summed E-state index contributed by atoms with van der Waals surface area (Å²) >= 11 is 0. The van der Waals surface area contributed by atoms with E-state index in [-0.39, 0.29) is 5.91 Å². The number of benzene rings is 1. The molecule has 1 N–H and O–H groups in total. The molecule has 0 saturated carbocycles. The molecule has 2 aromatic heterocycles. The van der Waals surface area contributed by atoms with Crippen molar-refractivity contribution in [2.75, 3.05) is 27.4 Å². The van der Waals surface area contributed by atoms with Gasteiger partial charge >= 0.3 is 0 Å². The van der Waals surface area contributed by atoms with Crippen LogP contribution >= 0.6 is 0 Å². The van der Waals surface area contributed by atoms with E-state index in [4.69, 9.17) is 9.47 Å². The molecule has 0 bridgehead atoms. The molecule has 0 atom stereocenters. The molecule has 7 heteroatoms. The first-order valence-corrected chi connectivity index (χ1v) is 8.14. The van der Waals surface area contributed by atoms with Crippen LogP contribution in [0.3, 0.4) is 0 Å². The number of aromatic nitrogens is 3. The predicted molar refractivity (Wildman–Crippen MR) is 97.6 cm³/mol. The Balaban J connectivity index is 1.71. The quantitative estimate of drug-likeness (QED) is 0.660. The highest BCUT2D eigenvalue weighted by molar-refractivity contribution is 5.94. The zero-order valence-corrected chi connectivity index (χ0v) is 14.7. The Bertz CT molecular complexity index is 857. The lowest BCUT2D eigenvalue weighted by Crippen LogP contribution is -2.26. The highest BCUT2D eigenvalue weighted by Crippen LogP contribution is 2.20. The molecule has 1 amide bonds. The topological polar surface area (TPSA) is 78.3 Å². The minimum absolute atomic E-state index is 0.171. The van der Waals surface area contributed by atoms with Gasteiger partial charge in [0.05, 0.1) is 36.9 Å². The van der Waals surface area contributed by atoms with E-state index in [0.29, 0.717) is 18.7 Å². The van der Waals surface area contributed by atoms with Crippen LogP contribution in [0.25, 0.3) is 16.9 Å². The second kappa shape index (κ2) is 8.26. The van der Waals surface area contributed by atoms with Crippen molar-refractivity contribution in [3.05, 3.63) is 60.6 Å². The Hall–Kier alpha value is -3.19. The molecule has 1 aromatic carbocycles. The van der Waals surface area contributed by atoms with E-state index in [1.807, 2.05) is 30.5 Å². The minimum Gasteiger partial charge on any atom is -0.497 e. The van der Waals surface area contributed by atoms with Crippen molar-refractivity contribution in [3.63, 3.8) is 0 Å². The smallest absolute Gasteiger partial charge is 0.252 e. The van der Waals surface area contributed by atoms with Gasteiger partial charge in [-0.25, -0.2) is 4.68 Å². The summed E-state index contributed by atoms with van der Waals surface area (Å²) < 4.78 is 11.8. The lowest BCUT2D eigenvalue weighted by Gasteiger charge is -2.05. The molecule has 7 nitrogen and oxygen atoms in total. The molecule has 0 spiro atoms. The number of amides is 1. The van der Waals surface area contributed by atoms with Crippen LogP contribution in [-0.2, 0) is 4.74 Å². The van der Waals surface area contributed by atoms with Gasteiger partial charge < -0.3 is 14.8 Å². The van der Waals surface area contributed by atoms with Crippen LogP contribution in [0.4, 0.5) is 0 Å². The second-order valence-electron chi connectivity index (χ2n) is 5.55. The average Bonchev–Trinajstić information content (AvgIpc) is 3.18. The molecule has 0 aliphatic carbocycles. The number of nitrogens with zero attached hydrogens (tertiary/aromatic N) is 3. The third-order valence-electron chi connectivity index (χ3n) is 3.83. The third-order valence-corrected chi connectivity index (χ3v) is 3.83. The molecule has 0 radical (unpaired) electrons. The minimum atomic E-state index is -0.171. The van der Waals surface area contributed by atoms with Crippen molar-refractivity contribution in [1.29, 1.82) is 0 Å². The number of hydrogen-bond donors (Lipinski definition) is 1. The maximum Gasteiger partial charge on any atom is 0.252 e. The van der Waals surface area contributed by atoms with Gasteiger partial charge in [-0.15, -0.1) is 0 Å². The van der Waals surface area contributed by atoms with Gasteiger partial charge in [-0.2, -0.15) is 5.10 Å². The molecular formula is C19H20N4O3. The number of nitrogens with one attached hydrogen (secondary N) is 1. The summed E-state index contributed by atoms with van der Waals surface area (Å²) in [5, 5.41) is 7.13. The fourth-order valence-electron chi connectivity index (χ4n) is 2.40. The number of carbonyl (C=O) groups is 1. The molecule has 2 heterocycles. The summed E-state index contributed by atoms with van der Waals surface area (Å²) in [7, 11) is 3.23. The molecule has 0 aliphatic heterocycles. The van der Waals surface area contributed by atoms with Gasteiger partial charge in [0.15, 0.2) is 0 Å². The highest BCUT2D eigenvalue weighted by atomic mass is 16.5. The molecule has 26 heavy (non-hydrogen) atoms. The van der Waals surface area contributed by atoms with E-state index in [1.165, 1.54) is 0 Å². The number of methoxy groups -OCH3 is 2. The number of ether oxygens (including phenoxy) is 2. The van der Waals surface area contributed by atoms with E-state index in [0.717, 1.165) is 22.7 Å². The van der Waals surface area contributed by atoms with Gasteiger partial charge in [0, 0.05) is 31.6 Å². The Morgan fingerprint density at radius 1 is 1.12 bits per heavy atom. The summed E-state index contributed by atoms with van der Waals surface area (Å²) in [5.74, 6) is 0.622. The van der Waals surface area contributed by atoms with Gasteiger partial charge in [0.2, 0.25) is 0 Å². The van der Waals surface area contributed by atoms with Crippen molar-refractivity contribution in [1.82, 2.24) is 20.1 Å². The first-order valence-electron chi connectivity index (χ1n) is 8.14. The lowest BCUT2D eigenvalue weighted by molar-refractivity contribution is 0.0937. The molecule has 0 unspecified atom stereocenters. The van der Waals surface area contributed by atoms with Crippen LogP contribution in [0.1, 0.15) is 10.4 Å². The van der Waals surface area contributed by atoms with Crippen LogP contribution in [0.5, 0.6) is 5.75 Å². The van der Waals surface area contributed by atoms with E-state index in [9.17, 15) is 4.79 Å². The lowest BCUT2D eigenvalue weighted by atomic mass is 10.2. The molecule has 3 rings (SSSR count). The first-order chi connectivity index (χ1) is 12.7. The normalized spacial score (nSPS) is 10.5. The number of carbonyl (C=O) groups excluding carboxylic acids is 1. The van der Waals surface area contributed by atoms with Gasteiger partial charge in [-0.05, 0) is 36.4 Å². The average molecular weight is 352 g/mol. The van der Waals surface area contributed by atoms with E-state index >= 15 is 0 Å². The molecule has 0 saturated heterocycles. The molecular weight excluding hydrogens is 332 g/mol. The van der Waals surface area contributed by atoms with Crippen molar-refractivity contribution < 1.29 is 14.3 Å². The maximum atomic E-state index is 12.0. The van der Waals surface area contributed by atoms with Gasteiger partial charge in [0.25, 0.3) is 5.91 Å². The van der Waals surface area contributed by atoms with Gasteiger partial charge in [-0.1, -0.05) is 0 Å². The fraction of sp³-hybridized carbons (Fsp3) is 0.211. The Labute approximate surface area is 151 Å². The predicted octanol–water partition coefficient (Wildman–Crippen LogP) is 2.32. The number of rotatable bonds is 7. The summed E-state index contributed by atoms with van der Waals surface area (Å²) in [4.78, 5) is 16.3. The second-order valence-corrected chi connectivity index (χ2v) is 5.55. The van der Waals surface area contributed by atoms with Crippen LogP contribution in [-0.4, -0.2) is 48.0 Å². The van der Waals surface area contributed by atoms with Crippen LogP contribution in [0.15, 0.2) is 55.0 Å². The Morgan fingerprint density at radius 3 is 2.58 bits per heavy atom. The van der Waals surface area contributed by atoms with Crippen molar-refractivity contribution in [2.24, 2.45) is 0 Å². The molecule has 3 aromatic rings. The Morgan fingerprint density at radius 2 is 1.92 bits per heavy atom. The summed E-state index contributed by atoms with van der Waals surface area (Å²) in [5.41, 5.74) is 3.05. The third kappa shape index (κ3) is 4.07. The number of pyridine rings is 1. The van der Waals surface area contributed by atoms with Crippen LogP contribution < -0.4 is 10.1 Å². The van der Waals surface area contributed by atoms with E-state index < -0.39 is 0 Å². The molecule has 0 fully saturated rings. The Kier molecular flexibility index (Phi) is 5.60. The van der Waals surface area contributed by atoms with Gasteiger partial charge in [0.1, 0.15) is 5.75 Å². The monoisotopic (exact) mass is 352 g/mol. The molecule has 134 valence electrons. The van der Waals surface area contributed by atoms with Crippen LogP contribution in [0.2, 0.25) is 0 Å². The standard InChI is InChI=1S/C19H20N4O3/c1-25-10-9-20-19(24)14-3-8-18(21-11-14)15-12-22-23(13-15)16-4-6-17(26-2)7-5-16/h3-8,11-13H,9-10H2,1-2H3,(H,20,24). The van der Waals surface area contributed by atoms with E-state index in [1.54, 1.807) is 43.4 Å². The van der Waals surface area contributed by atoms with Crippen molar-refractivity contribution in [3.8, 4) is 22.7 Å². The van der Waals surface area contributed by atoms with E-state index in [2.05, 4.69) is 15.4 Å². The highest BCUT2D eigenvalue weighted by Gasteiger charge is 2.08. The SMILES string of the molecule is COCCNC(=O)c1ccc(-c2cnn(-c3ccc(OC)cc3)c2)nc1. The van der Waals surface area contributed by atoms with Gasteiger partial charge in [-0.3, -0.25) is 9.78 Å². The zero-order valence-electron chi connectivity index (χ0n) is 14.7. The fourth-order valence-corrected chi connectivity index (χ4v) is 2.40. The van der Waals surface area contributed by atoms with Crippen LogP contribution in [0, 0.1) is 0 Å². The summed E-state index contributed by atoms with van der Waals surface area (Å²) in [6.07, 6.45) is 5.19. The largest absolute Gasteiger partial charge is 0.497 e. The summed E-state index contributed by atoms with van der Waals surface area (Å²) in [6, 6.07) is 11.2. The van der Waals surface area contributed by atoms with Crippen molar-refractivity contribution >= 4 is 5.91 Å². The zero-order chi connectivity index (χ0) is 18.4.